The number of carbonyl (C=O) groups is 1. The van der Waals surface area contributed by atoms with Crippen molar-refractivity contribution in [2.24, 2.45) is 5.10 Å². The van der Waals surface area contributed by atoms with E-state index in [-0.39, 0.29) is 17.8 Å². The first-order chi connectivity index (χ1) is 10.1. The Kier molecular flexibility index (Phi) is 4.94. The van der Waals surface area contributed by atoms with E-state index in [1.54, 1.807) is 24.3 Å². The standard InChI is InChI=1S/C15H16N2O3S/c1-10(2)20-12-6-5-11(13(18)8-12)9-16-17-15(19)14-4-3-7-21-14/h3-10,18H,1-2H3,(H,17,19)/b16-9-. The minimum absolute atomic E-state index is 0.0361. The summed E-state index contributed by atoms with van der Waals surface area (Å²) in [7, 11) is 0. The average molecular weight is 304 g/mol. The Morgan fingerprint density at radius 1 is 1.43 bits per heavy atom. The lowest BCUT2D eigenvalue weighted by Gasteiger charge is -2.10. The Hall–Kier alpha value is -2.34. The highest BCUT2D eigenvalue weighted by molar-refractivity contribution is 7.12. The Morgan fingerprint density at radius 2 is 2.24 bits per heavy atom. The molecule has 0 saturated carbocycles. The number of carbonyl (C=O) groups excluding carboxylic acids is 1. The van der Waals surface area contributed by atoms with E-state index in [0.29, 0.717) is 16.2 Å². The Morgan fingerprint density at radius 3 is 2.86 bits per heavy atom. The highest BCUT2D eigenvalue weighted by Gasteiger charge is 2.05. The minimum Gasteiger partial charge on any atom is -0.507 e. The number of nitrogens with zero attached hydrogens (tertiary/aromatic N) is 1. The molecule has 6 heteroatoms. The second-order valence-electron chi connectivity index (χ2n) is 4.56. The Bertz CT molecular complexity index is 636. The molecule has 0 bridgehead atoms. The van der Waals surface area contributed by atoms with Gasteiger partial charge in [0, 0.05) is 11.6 Å². The monoisotopic (exact) mass is 304 g/mol. The molecule has 0 radical (unpaired) electrons. The van der Waals surface area contributed by atoms with E-state index in [9.17, 15) is 9.90 Å². The number of aromatic hydroxyl groups is 1. The summed E-state index contributed by atoms with van der Waals surface area (Å²) >= 11 is 1.34. The largest absolute Gasteiger partial charge is 0.507 e. The van der Waals surface area contributed by atoms with Crippen LogP contribution >= 0.6 is 11.3 Å². The average Bonchev–Trinajstić information content (AvgIpc) is 2.94. The zero-order chi connectivity index (χ0) is 15.2. The van der Waals surface area contributed by atoms with Crippen molar-refractivity contribution in [3.05, 3.63) is 46.2 Å². The van der Waals surface area contributed by atoms with Crippen molar-refractivity contribution >= 4 is 23.5 Å². The van der Waals surface area contributed by atoms with Crippen LogP contribution in [0.1, 0.15) is 29.1 Å². The van der Waals surface area contributed by atoms with Crippen LogP contribution in [0.5, 0.6) is 11.5 Å². The molecule has 0 aliphatic heterocycles. The zero-order valence-electron chi connectivity index (χ0n) is 11.7. The lowest BCUT2D eigenvalue weighted by Crippen LogP contribution is -2.16. The molecule has 2 aromatic rings. The van der Waals surface area contributed by atoms with E-state index < -0.39 is 0 Å². The van der Waals surface area contributed by atoms with Crippen molar-refractivity contribution in [3.8, 4) is 11.5 Å². The first kappa shape index (κ1) is 15.1. The zero-order valence-corrected chi connectivity index (χ0v) is 12.6. The van der Waals surface area contributed by atoms with E-state index in [1.165, 1.54) is 23.6 Å². The van der Waals surface area contributed by atoms with Crippen molar-refractivity contribution in [1.82, 2.24) is 5.43 Å². The third-order valence-corrected chi connectivity index (χ3v) is 3.36. The van der Waals surface area contributed by atoms with Gasteiger partial charge in [-0.05, 0) is 37.4 Å². The molecule has 110 valence electrons. The normalized spacial score (nSPS) is 11.0. The molecule has 1 heterocycles. The van der Waals surface area contributed by atoms with Gasteiger partial charge in [-0.3, -0.25) is 4.79 Å². The second kappa shape index (κ2) is 6.90. The van der Waals surface area contributed by atoms with Crippen LogP contribution in [0.4, 0.5) is 0 Å². The molecular formula is C15H16N2O3S. The van der Waals surface area contributed by atoms with Gasteiger partial charge in [0.15, 0.2) is 0 Å². The highest BCUT2D eigenvalue weighted by atomic mass is 32.1. The van der Waals surface area contributed by atoms with Crippen LogP contribution in [0.15, 0.2) is 40.8 Å². The molecule has 1 amide bonds. The van der Waals surface area contributed by atoms with Gasteiger partial charge >= 0.3 is 0 Å². The van der Waals surface area contributed by atoms with Crippen LogP contribution in [0, 0.1) is 0 Å². The van der Waals surface area contributed by atoms with Gasteiger partial charge in [0.1, 0.15) is 11.5 Å². The summed E-state index contributed by atoms with van der Waals surface area (Å²) in [5.41, 5.74) is 2.90. The summed E-state index contributed by atoms with van der Waals surface area (Å²) in [6.45, 7) is 3.82. The third kappa shape index (κ3) is 4.32. The van der Waals surface area contributed by atoms with Gasteiger partial charge < -0.3 is 9.84 Å². The first-order valence-corrected chi connectivity index (χ1v) is 7.31. The smallest absolute Gasteiger partial charge is 0.281 e. The van der Waals surface area contributed by atoms with Gasteiger partial charge in [0.25, 0.3) is 5.91 Å². The van der Waals surface area contributed by atoms with Gasteiger partial charge in [0.05, 0.1) is 17.2 Å². The fourth-order valence-electron chi connectivity index (χ4n) is 1.60. The summed E-state index contributed by atoms with van der Waals surface area (Å²) in [6.07, 6.45) is 1.42. The molecule has 0 unspecified atom stereocenters. The van der Waals surface area contributed by atoms with Crippen molar-refractivity contribution in [2.45, 2.75) is 20.0 Å². The summed E-state index contributed by atoms with van der Waals surface area (Å²) in [4.78, 5) is 12.2. The molecule has 0 aliphatic carbocycles. The van der Waals surface area contributed by atoms with Crippen LogP contribution in [0.25, 0.3) is 0 Å². The molecular weight excluding hydrogens is 288 g/mol. The van der Waals surface area contributed by atoms with Crippen LogP contribution in [0.3, 0.4) is 0 Å². The van der Waals surface area contributed by atoms with Gasteiger partial charge in [-0.2, -0.15) is 5.10 Å². The molecule has 1 aromatic carbocycles. The topological polar surface area (TPSA) is 70.9 Å². The fraction of sp³-hybridized carbons (Fsp3) is 0.200. The molecule has 21 heavy (non-hydrogen) atoms. The molecule has 1 aromatic heterocycles. The number of rotatable bonds is 5. The third-order valence-electron chi connectivity index (χ3n) is 2.49. The predicted octanol–water partition coefficient (Wildman–Crippen LogP) is 3.00. The van der Waals surface area contributed by atoms with Crippen molar-refractivity contribution in [2.75, 3.05) is 0 Å². The molecule has 0 atom stereocenters. The maximum atomic E-state index is 11.7. The summed E-state index contributed by atoms with van der Waals surface area (Å²) in [5, 5.41) is 15.5. The maximum absolute atomic E-state index is 11.7. The number of ether oxygens (including phenoxy) is 1. The summed E-state index contributed by atoms with van der Waals surface area (Å²) in [5.74, 6) is 0.352. The van der Waals surface area contributed by atoms with Crippen molar-refractivity contribution in [3.63, 3.8) is 0 Å². The lowest BCUT2D eigenvalue weighted by molar-refractivity contribution is 0.0959. The predicted molar refractivity (Wildman–Crippen MR) is 83.3 cm³/mol. The van der Waals surface area contributed by atoms with Gasteiger partial charge in [0.2, 0.25) is 0 Å². The van der Waals surface area contributed by atoms with Gasteiger partial charge in [-0.1, -0.05) is 6.07 Å². The Balaban J connectivity index is 1.99. The number of phenols is 1. The first-order valence-electron chi connectivity index (χ1n) is 6.43. The van der Waals surface area contributed by atoms with E-state index in [0.717, 1.165) is 0 Å². The minimum atomic E-state index is -0.277. The number of hydrogen-bond acceptors (Lipinski definition) is 5. The molecule has 2 N–H and O–H groups in total. The quantitative estimate of drug-likeness (QED) is 0.659. The van der Waals surface area contributed by atoms with Crippen LogP contribution in [-0.2, 0) is 0 Å². The second-order valence-corrected chi connectivity index (χ2v) is 5.51. The summed E-state index contributed by atoms with van der Waals surface area (Å²) < 4.78 is 5.47. The number of thiophene rings is 1. The van der Waals surface area contributed by atoms with E-state index >= 15 is 0 Å². The summed E-state index contributed by atoms with van der Waals surface area (Å²) in [6, 6.07) is 8.44. The fourth-order valence-corrected chi connectivity index (χ4v) is 2.21. The SMILES string of the molecule is CC(C)Oc1ccc(/C=N\NC(=O)c2cccs2)c(O)c1. The van der Waals surface area contributed by atoms with E-state index in [1.807, 2.05) is 19.2 Å². The number of hydrogen-bond donors (Lipinski definition) is 2. The number of hydrazone groups is 1. The van der Waals surface area contributed by atoms with Crippen LogP contribution in [-0.4, -0.2) is 23.3 Å². The molecule has 2 rings (SSSR count). The van der Waals surface area contributed by atoms with Gasteiger partial charge in [-0.25, -0.2) is 5.43 Å². The van der Waals surface area contributed by atoms with Crippen molar-refractivity contribution in [1.29, 1.82) is 0 Å². The highest BCUT2D eigenvalue weighted by Crippen LogP contribution is 2.23. The number of amides is 1. The van der Waals surface area contributed by atoms with Gasteiger partial charge in [-0.15, -0.1) is 11.3 Å². The van der Waals surface area contributed by atoms with Crippen molar-refractivity contribution < 1.29 is 14.6 Å². The Labute approximate surface area is 126 Å². The van der Waals surface area contributed by atoms with E-state index in [2.05, 4.69) is 10.5 Å². The van der Waals surface area contributed by atoms with Crippen LogP contribution in [0.2, 0.25) is 0 Å². The molecule has 0 aliphatic rings. The van der Waals surface area contributed by atoms with E-state index in [4.69, 9.17) is 4.74 Å². The molecule has 0 fully saturated rings. The number of phenolic OH excluding ortho intramolecular Hbond substituents is 1. The number of nitrogens with one attached hydrogen (secondary N) is 1. The molecule has 5 nitrogen and oxygen atoms in total. The number of benzene rings is 1. The van der Waals surface area contributed by atoms with Crippen LogP contribution < -0.4 is 10.2 Å². The maximum Gasteiger partial charge on any atom is 0.281 e. The molecule has 0 saturated heterocycles. The molecule has 0 spiro atoms. The lowest BCUT2D eigenvalue weighted by atomic mass is 10.2.